The summed E-state index contributed by atoms with van der Waals surface area (Å²) in [5, 5.41) is 23.2. The molecule has 10 nitrogen and oxygen atoms in total. The monoisotopic (exact) mass is 1510 g/mol. The number of fused-ring (bicyclic) bond motifs is 8. The minimum atomic E-state index is -0.125. The fraction of sp³-hybridized carbons (Fsp3) is 0.229. The molecule has 0 saturated heterocycles. The second-order valence-electron chi connectivity index (χ2n) is 22.3. The van der Waals surface area contributed by atoms with Crippen molar-refractivity contribution in [1.82, 2.24) is 19.9 Å². The Balaban J connectivity index is 0.000000193. The van der Waals surface area contributed by atoms with Gasteiger partial charge in [-0.2, -0.15) is 0 Å². The number of thiophene rings is 2. The fourth-order valence-electron chi connectivity index (χ4n) is 9.47. The first-order chi connectivity index (χ1) is 39.0. The molecule has 2 radical (unpaired) electrons. The van der Waals surface area contributed by atoms with Crippen LogP contribution in [0.1, 0.15) is 116 Å². The second kappa shape index (κ2) is 27.2. The third kappa shape index (κ3) is 15.0. The molecule has 2 N–H and O–H groups in total. The summed E-state index contributed by atoms with van der Waals surface area (Å²) >= 11 is 3.57. The first-order valence-corrected chi connectivity index (χ1v) is 28.9. The zero-order valence-electron chi connectivity index (χ0n) is 49.2. The van der Waals surface area contributed by atoms with Crippen LogP contribution >= 0.6 is 22.7 Å². The largest absolute Gasteiger partial charge is 0.512 e. The van der Waals surface area contributed by atoms with Crippen LogP contribution in [0.2, 0.25) is 0 Å². The molecular formula is C70H66Ir2N4O6S2-2. The van der Waals surface area contributed by atoms with Crippen LogP contribution in [0.25, 0.3) is 108 Å². The molecule has 0 aliphatic carbocycles. The van der Waals surface area contributed by atoms with Crippen LogP contribution in [0.3, 0.4) is 0 Å². The van der Waals surface area contributed by atoms with Gasteiger partial charge in [-0.3, -0.25) is 9.59 Å². The summed E-state index contributed by atoms with van der Waals surface area (Å²) in [5.74, 6) is 0.862. The van der Waals surface area contributed by atoms with Gasteiger partial charge in [-0.25, -0.2) is 9.97 Å². The van der Waals surface area contributed by atoms with Gasteiger partial charge in [0.1, 0.15) is 0 Å². The van der Waals surface area contributed by atoms with Crippen molar-refractivity contribution in [3.05, 3.63) is 192 Å². The van der Waals surface area contributed by atoms with Gasteiger partial charge >= 0.3 is 0 Å². The third-order valence-corrected chi connectivity index (χ3v) is 15.9. The van der Waals surface area contributed by atoms with E-state index in [4.69, 9.17) is 29.0 Å². The van der Waals surface area contributed by atoms with E-state index in [9.17, 15) is 9.59 Å². The fourth-order valence-corrected chi connectivity index (χ4v) is 11.5. The van der Waals surface area contributed by atoms with Crippen LogP contribution < -0.4 is 0 Å². The molecule has 8 heterocycles. The first kappa shape index (κ1) is 64.3. The number of carbonyl (C=O) groups excluding carboxylic acids is 2. The van der Waals surface area contributed by atoms with Crippen molar-refractivity contribution >= 4 is 98.6 Å². The Morgan fingerprint density at radius 1 is 0.548 bits per heavy atom. The van der Waals surface area contributed by atoms with Crippen LogP contribution in [0.4, 0.5) is 0 Å². The van der Waals surface area contributed by atoms with E-state index in [0.717, 1.165) is 66.6 Å². The predicted octanol–water partition coefficient (Wildman–Crippen LogP) is 19.7. The summed E-state index contributed by atoms with van der Waals surface area (Å²) < 4.78 is 14.7. The Bertz CT molecular complexity index is 4360. The molecule has 0 spiro atoms. The quantitative estimate of drug-likeness (QED) is 0.0854. The minimum Gasteiger partial charge on any atom is -0.512 e. The van der Waals surface area contributed by atoms with Gasteiger partial charge in [0.15, 0.2) is 11.6 Å². The molecule has 434 valence electrons. The number of ketones is 2. The third-order valence-electron chi connectivity index (χ3n) is 13.7. The molecule has 0 fully saturated rings. The first-order valence-electron chi connectivity index (χ1n) is 27.2. The summed E-state index contributed by atoms with van der Waals surface area (Å²) in [6.07, 6.45) is 6.27. The zero-order chi connectivity index (χ0) is 58.7. The molecule has 12 aromatic rings. The van der Waals surface area contributed by atoms with Crippen LogP contribution in [0.5, 0.6) is 0 Å². The van der Waals surface area contributed by atoms with E-state index in [1.807, 2.05) is 62.6 Å². The number of furan rings is 2. The topological polar surface area (TPSA) is 152 Å². The Kier molecular flexibility index (Phi) is 20.8. The van der Waals surface area contributed by atoms with Crippen molar-refractivity contribution in [3.63, 3.8) is 0 Å². The molecule has 12 rings (SSSR count). The van der Waals surface area contributed by atoms with Gasteiger partial charge in [0.25, 0.3) is 0 Å². The number of allylic oxidation sites excluding steroid dienone is 4. The maximum atomic E-state index is 10.0. The Hall–Kier alpha value is -7.28. The van der Waals surface area contributed by atoms with Gasteiger partial charge in [-0.15, -0.1) is 59.1 Å². The second-order valence-corrected chi connectivity index (χ2v) is 24.4. The number of aryl methyl sites for hydroxylation is 2. The maximum Gasteiger partial charge on any atom is 0.216 e. The van der Waals surface area contributed by atoms with E-state index in [-0.39, 0.29) is 68.7 Å². The number of rotatable bonds is 8. The standard InChI is InChI=1S/C31H27N2OS.C29H23N2OS.2C5H8O2.2Ir/c1-17(2)20-11-21(18(3)4)13-22(12-20)28-15-23-14-27(32-16-29(23)35-28)26-8-6-7-24-25-10-9-19(5)33-31(25)34-30(24)26;1-17-8-13-22-21-6-5-7-23(27(21)32-28(22)31-17)24-14-19-15-25(33-26(19)16-30-24)18-9-11-20(12-10-18)29(2,3)4;2*1-4(6)3-5(2)7;;/h6-7,9-18H,1-5H3;5-6,8-16H,1-4H3;2*3,6H,1-2H3;;/q2*-1;;;;. The SMILES string of the molecule is CC(=O)C=C(C)O.CC(=O)C=C(C)O.Cc1ccc2c(n1)oc1c(-c3cc4cc(-c5cc(C(C)C)cc(C(C)C)c5)sc4cn3)[c-]ccc12.Cc1ccc2c(n1)oc1c(-c3cc4cc(-c5ccc(C(C)(C)C)cc5)sc4cn3)[c-]ccc12.[Ir].[Ir]. The Morgan fingerprint density at radius 3 is 1.33 bits per heavy atom. The molecule has 0 aliphatic rings. The number of hydrogen-bond donors (Lipinski definition) is 2. The number of aliphatic hydroxyl groups is 2. The molecular weight excluding hydrogens is 1440 g/mol. The average Bonchev–Trinajstić information content (AvgIpc) is 3.05. The summed E-state index contributed by atoms with van der Waals surface area (Å²) in [4.78, 5) is 41.3. The van der Waals surface area contributed by atoms with Gasteiger partial charge in [0.2, 0.25) is 11.4 Å². The van der Waals surface area contributed by atoms with Crippen molar-refractivity contribution in [1.29, 1.82) is 0 Å². The Morgan fingerprint density at radius 2 is 0.964 bits per heavy atom. The smallest absolute Gasteiger partial charge is 0.216 e. The average molecular weight is 1510 g/mol. The summed E-state index contributed by atoms with van der Waals surface area (Å²) in [6.45, 7) is 25.4. The number of benzene rings is 4. The molecule has 84 heavy (non-hydrogen) atoms. The van der Waals surface area contributed by atoms with Crippen molar-refractivity contribution in [2.45, 2.75) is 107 Å². The number of carbonyl (C=O) groups is 2. The van der Waals surface area contributed by atoms with E-state index in [1.165, 1.54) is 97.6 Å². The number of nitrogens with zero attached hydrogens (tertiary/aromatic N) is 4. The number of pyridine rings is 4. The molecule has 0 saturated carbocycles. The van der Waals surface area contributed by atoms with Gasteiger partial charge in [-0.1, -0.05) is 125 Å². The molecule has 0 amide bonds. The van der Waals surface area contributed by atoms with E-state index in [1.54, 1.807) is 22.7 Å². The number of aliphatic hydroxyl groups excluding tert-OH is 2. The van der Waals surface area contributed by atoms with Crippen LogP contribution in [0.15, 0.2) is 160 Å². The molecule has 8 aromatic heterocycles. The summed E-state index contributed by atoms with van der Waals surface area (Å²) in [7, 11) is 0. The zero-order valence-corrected chi connectivity index (χ0v) is 55.7. The van der Waals surface area contributed by atoms with Crippen LogP contribution in [-0.4, -0.2) is 41.7 Å². The van der Waals surface area contributed by atoms with Crippen LogP contribution in [-0.2, 0) is 55.2 Å². The van der Waals surface area contributed by atoms with Gasteiger partial charge < -0.3 is 29.0 Å². The molecule has 0 atom stereocenters. The summed E-state index contributed by atoms with van der Waals surface area (Å²) in [5.41, 5.74) is 15.0. The van der Waals surface area contributed by atoms with E-state index in [2.05, 4.69) is 149 Å². The van der Waals surface area contributed by atoms with E-state index in [0.29, 0.717) is 23.3 Å². The maximum absolute atomic E-state index is 10.0. The van der Waals surface area contributed by atoms with Crippen molar-refractivity contribution < 1.29 is 68.8 Å². The van der Waals surface area contributed by atoms with Crippen molar-refractivity contribution in [2.24, 2.45) is 0 Å². The molecule has 0 unspecified atom stereocenters. The predicted molar refractivity (Wildman–Crippen MR) is 339 cm³/mol. The van der Waals surface area contributed by atoms with E-state index >= 15 is 0 Å². The normalized spacial score (nSPS) is 11.8. The summed E-state index contributed by atoms with van der Waals surface area (Å²) in [6, 6.07) is 47.6. The van der Waals surface area contributed by atoms with Gasteiger partial charge in [0.05, 0.1) is 32.1 Å². The Labute approximate surface area is 525 Å². The molecule has 14 heteroatoms. The van der Waals surface area contributed by atoms with Crippen molar-refractivity contribution in [2.75, 3.05) is 0 Å². The number of aromatic nitrogens is 4. The van der Waals surface area contributed by atoms with Crippen LogP contribution in [0, 0.1) is 26.0 Å². The van der Waals surface area contributed by atoms with E-state index < -0.39 is 0 Å². The molecule has 0 bridgehead atoms. The van der Waals surface area contributed by atoms with Gasteiger partial charge in [0, 0.05) is 96.7 Å². The van der Waals surface area contributed by atoms with Gasteiger partial charge in [-0.05, 0) is 145 Å². The molecule has 0 aliphatic heterocycles. The van der Waals surface area contributed by atoms with Crippen molar-refractivity contribution in [3.8, 4) is 43.4 Å². The number of hydrogen-bond acceptors (Lipinski definition) is 12. The minimum absolute atomic E-state index is 0. The molecule has 4 aromatic carbocycles.